The van der Waals surface area contributed by atoms with Gasteiger partial charge in [-0.05, 0) is 36.6 Å². The number of nitrogens with zero attached hydrogens (tertiary/aromatic N) is 3. The summed E-state index contributed by atoms with van der Waals surface area (Å²) in [7, 11) is 0. The molecule has 1 aromatic heterocycles. The van der Waals surface area contributed by atoms with Crippen LogP contribution in [0.5, 0.6) is 5.75 Å². The predicted molar refractivity (Wildman–Crippen MR) is 120 cm³/mol. The Morgan fingerprint density at radius 1 is 0.828 bits per heavy atom. The quantitative estimate of drug-likeness (QED) is 0.346. The molecule has 0 aliphatic rings. The van der Waals surface area contributed by atoms with E-state index in [1.165, 1.54) is 51.4 Å². The molecule has 4 nitrogen and oxygen atoms in total. The van der Waals surface area contributed by atoms with Gasteiger partial charge in [-0.1, -0.05) is 88.6 Å². The van der Waals surface area contributed by atoms with E-state index in [2.05, 4.69) is 6.92 Å². The fraction of sp³-hybridized carbons (Fsp3) is 0.520. The van der Waals surface area contributed by atoms with Gasteiger partial charge in [0.2, 0.25) is 0 Å². The SMILES string of the molecule is CCCCCCCCCCC(Cc1cccc(C)c1O)n1nc2ccccc2n1. The van der Waals surface area contributed by atoms with Crippen molar-refractivity contribution in [3.05, 3.63) is 53.6 Å². The van der Waals surface area contributed by atoms with E-state index in [9.17, 15) is 5.11 Å². The minimum Gasteiger partial charge on any atom is -0.507 e. The average molecular weight is 394 g/mol. The zero-order chi connectivity index (χ0) is 20.5. The highest BCUT2D eigenvalue weighted by molar-refractivity contribution is 5.73. The van der Waals surface area contributed by atoms with Crippen molar-refractivity contribution in [3.8, 4) is 5.75 Å². The summed E-state index contributed by atoms with van der Waals surface area (Å²) in [4.78, 5) is 1.88. The number of phenols is 1. The highest BCUT2D eigenvalue weighted by Gasteiger charge is 2.17. The summed E-state index contributed by atoms with van der Waals surface area (Å²) < 4.78 is 0. The molecule has 0 bridgehead atoms. The molecule has 156 valence electrons. The largest absolute Gasteiger partial charge is 0.507 e. The molecule has 0 amide bonds. The van der Waals surface area contributed by atoms with Gasteiger partial charge in [-0.3, -0.25) is 0 Å². The lowest BCUT2D eigenvalue weighted by Crippen LogP contribution is -2.15. The molecule has 2 aromatic carbocycles. The monoisotopic (exact) mass is 393 g/mol. The molecular weight excluding hydrogens is 358 g/mol. The minimum atomic E-state index is 0.162. The highest BCUT2D eigenvalue weighted by atomic mass is 16.3. The lowest BCUT2D eigenvalue weighted by atomic mass is 9.98. The molecule has 3 rings (SSSR count). The van der Waals surface area contributed by atoms with E-state index in [0.29, 0.717) is 5.75 Å². The Bertz CT molecular complexity index is 854. The first-order valence-electron chi connectivity index (χ1n) is 11.3. The van der Waals surface area contributed by atoms with Gasteiger partial charge in [0.15, 0.2) is 0 Å². The van der Waals surface area contributed by atoms with Crippen LogP contribution in [0, 0.1) is 6.92 Å². The zero-order valence-electron chi connectivity index (χ0n) is 18.0. The first-order chi connectivity index (χ1) is 14.2. The second kappa shape index (κ2) is 11.0. The van der Waals surface area contributed by atoms with Gasteiger partial charge in [0.25, 0.3) is 0 Å². The van der Waals surface area contributed by atoms with Crippen molar-refractivity contribution in [1.29, 1.82) is 0 Å². The van der Waals surface area contributed by atoms with Gasteiger partial charge in [-0.25, -0.2) is 0 Å². The topological polar surface area (TPSA) is 50.9 Å². The van der Waals surface area contributed by atoms with Crippen LogP contribution < -0.4 is 0 Å². The van der Waals surface area contributed by atoms with Crippen LogP contribution in [-0.4, -0.2) is 20.1 Å². The van der Waals surface area contributed by atoms with Gasteiger partial charge in [-0.2, -0.15) is 15.0 Å². The lowest BCUT2D eigenvalue weighted by molar-refractivity contribution is 0.360. The van der Waals surface area contributed by atoms with Crippen LogP contribution in [-0.2, 0) is 6.42 Å². The molecule has 0 fully saturated rings. The number of unbranched alkanes of at least 4 members (excludes halogenated alkanes) is 7. The maximum absolute atomic E-state index is 10.5. The van der Waals surface area contributed by atoms with Crippen LogP contribution >= 0.6 is 0 Å². The van der Waals surface area contributed by atoms with Crippen LogP contribution in [0.3, 0.4) is 0 Å². The van der Waals surface area contributed by atoms with Gasteiger partial charge < -0.3 is 5.11 Å². The summed E-state index contributed by atoms with van der Waals surface area (Å²) in [5, 5.41) is 20.0. The van der Waals surface area contributed by atoms with Crippen LogP contribution in [0.1, 0.15) is 81.9 Å². The van der Waals surface area contributed by atoms with Crippen molar-refractivity contribution in [3.63, 3.8) is 0 Å². The fourth-order valence-corrected chi connectivity index (χ4v) is 3.99. The summed E-state index contributed by atoms with van der Waals surface area (Å²) in [6, 6.07) is 14.2. The smallest absolute Gasteiger partial charge is 0.121 e. The van der Waals surface area contributed by atoms with Gasteiger partial charge in [-0.15, -0.1) is 0 Å². The Hall–Kier alpha value is -2.36. The van der Waals surface area contributed by atoms with Crippen LogP contribution in [0.2, 0.25) is 0 Å². The zero-order valence-corrected chi connectivity index (χ0v) is 18.0. The number of aromatic hydroxyl groups is 1. The Morgan fingerprint density at radius 2 is 1.45 bits per heavy atom. The summed E-state index contributed by atoms with van der Waals surface area (Å²) in [6.07, 6.45) is 12.3. The molecule has 1 unspecified atom stereocenters. The fourth-order valence-electron chi connectivity index (χ4n) is 3.99. The minimum absolute atomic E-state index is 0.162. The van der Waals surface area contributed by atoms with E-state index in [1.54, 1.807) is 0 Å². The van der Waals surface area contributed by atoms with E-state index < -0.39 is 0 Å². The van der Waals surface area contributed by atoms with Crippen LogP contribution in [0.4, 0.5) is 0 Å². The standard InChI is InChI=1S/C25H35N3O/c1-3-4-5-6-7-8-9-10-16-22(19-21-15-13-14-20(2)25(21)29)28-26-23-17-11-12-18-24(23)27-28/h11-15,17-18,22,29H,3-10,16,19H2,1-2H3. The number of aryl methyl sites for hydroxylation is 1. The summed E-state index contributed by atoms with van der Waals surface area (Å²) in [5.41, 5.74) is 3.77. The molecule has 29 heavy (non-hydrogen) atoms. The summed E-state index contributed by atoms with van der Waals surface area (Å²) in [6.45, 7) is 4.21. The number of hydrogen-bond acceptors (Lipinski definition) is 3. The Balaban J connectivity index is 1.64. The second-order valence-electron chi connectivity index (χ2n) is 8.21. The van der Waals surface area contributed by atoms with Crippen molar-refractivity contribution in [2.24, 2.45) is 0 Å². The molecule has 0 radical (unpaired) electrons. The van der Waals surface area contributed by atoms with Crippen molar-refractivity contribution in [2.45, 2.75) is 84.1 Å². The van der Waals surface area contributed by atoms with Gasteiger partial charge >= 0.3 is 0 Å². The molecular formula is C25H35N3O. The van der Waals surface area contributed by atoms with E-state index in [-0.39, 0.29) is 6.04 Å². The molecule has 0 aliphatic carbocycles. The molecule has 4 heteroatoms. The first kappa shape index (κ1) is 21.4. The van der Waals surface area contributed by atoms with Gasteiger partial charge in [0, 0.05) is 6.42 Å². The Labute approximate surface area is 175 Å². The summed E-state index contributed by atoms with van der Waals surface area (Å²) >= 11 is 0. The lowest BCUT2D eigenvalue weighted by Gasteiger charge is -2.17. The number of hydrogen-bond donors (Lipinski definition) is 1. The van der Waals surface area contributed by atoms with Gasteiger partial charge in [0.1, 0.15) is 16.8 Å². The highest BCUT2D eigenvalue weighted by Crippen LogP contribution is 2.28. The number of benzene rings is 2. The number of para-hydroxylation sites is 1. The van der Waals surface area contributed by atoms with Crippen molar-refractivity contribution >= 4 is 11.0 Å². The number of fused-ring (bicyclic) bond motifs is 1. The van der Waals surface area contributed by atoms with Crippen LogP contribution in [0.25, 0.3) is 11.0 Å². The third kappa shape index (κ3) is 6.06. The van der Waals surface area contributed by atoms with Crippen molar-refractivity contribution in [1.82, 2.24) is 15.0 Å². The molecule has 3 aromatic rings. The van der Waals surface area contributed by atoms with Crippen molar-refractivity contribution < 1.29 is 5.11 Å². The third-order valence-corrected chi connectivity index (χ3v) is 5.80. The van der Waals surface area contributed by atoms with Crippen LogP contribution in [0.15, 0.2) is 42.5 Å². The molecule has 0 saturated heterocycles. The van der Waals surface area contributed by atoms with E-state index in [4.69, 9.17) is 10.2 Å². The Kier molecular flexibility index (Phi) is 8.09. The van der Waals surface area contributed by atoms with E-state index in [0.717, 1.165) is 35.0 Å². The van der Waals surface area contributed by atoms with E-state index >= 15 is 0 Å². The maximum Gasteiger partial charge on any atom is 0.121 e. The molecule has 1 N–H and O–H groups in total. The number of aromatic nitrogens is 3. The normalized spacial score (nSPS) is 12.5. The molecule has 0 aliphatic heterocycles. The van der Waals surface area contributed by atoms with Gasteiger partial charge in [0.05, 0.1) is 6.04 Å². The summed E-state index contributed by atoms with van der Waals surface area (Å²) in [5.74, 6) is 0.408. The molecule has 1 heterocycles. The first-order valence-corrected chi connectivity index (χ1v) is 11.3. The third-order valence-electron chi connectivity index (χ3n) is 5.80. The maximum atomic E-state index is 10.5. The average Bonchev–Trinajstić information content (AvgIpc) is 3.16. The molecule has 1 atom stereocenters. The second-order valence-corrected chi connectivity index (χ2v) is 8.21. The Morgan fingerprint density at radius 3 is 2.10 bits per heavy atom. The van der Waals surface area contributed by atoms with Crippen molar-refractivity contribution in [2.75, 3.05) is 0 Å². The predicted octanol–water partition coefficient (Wildman–Crippen LogP) is 6.76. The van der Waals surface area contributed by atoms with E-state index in [1.807, 2.05) is 54.2 Å². The number of rotatable bonds is 12. The number of phenolic OH excluding ortho intramolecular Hbond substituents is 1. The molecule has 0 spiro atoms. The molecule has 0 saturated carbocycles.